The summed E-state index contributed by atoms with van der Waals surface area (Å²) < 4.78 is 10.3. The lowest BCUT2D eigenvalue weighted by Gasteiger charge is -2.17. The Hall–Kier alpha value is -3.97. The number of carbonyl (C=O) groups excluding carboxylic acids is 3. The van der Waals surface area contributed by atoms with E-state index in [0.717, 1.165) is 27.8 Å². The molecule has 0 aromatic heterocycles. The Morgan fingerprint density at radius 2 is 1.39 bits per heavy atom. The first kappa shape index (κ1) is 22.2. The Morgan fingerprint density at radius 3 is 2.00 bits per heavy atom. The summed E-state index contributed by atoms with van der Waals surface area (Å²) in [4.78, 5) is 36.9. The average molecular weight is 445 g/mol. The first-order chi connectivity index (χ1) is 16.1. The van der Waals surface area contributed by atoms with E-state index in [1.54, 1.807) is 24.3 Å². The van der Waals surface area contributed by atoms with Crippen molar-refractivity contribution in [1.29, 1.82) is 0 Å². The summed E-state index contributed by atoms with van der Waals surface area (Å²) >= 11 is 0. The molecule has 4 rings (SSSR count). The first-order valence-corrected chi connectivity index (χ1v) is 10.6. The predicted molar refractivity (Wildman–Crippen MR) is 120 cm³/mol. The molecule has 33 heavy (non-hydrogen) atoms. The molecular formula is C26H23NO6. The molecule has 0 heterocycles. The molecule has 7 nitrogen and oxygen atoms in total. The van der Waals surface area contributed by atoms with E-state index in [1.165, 1.54) is 0 Å². The summed E-state index contributed by atoms with van der Waals surface area (Å²) in [6, 6.07) is 23.2. The summed E-state index contributed by atoms with van der Waals surface area (Å²) in [6.07, 6.45) is -0.919. The second-order valence-electron chi connectivity index (χ2n) is 7.63. The van der Waals surface area contributed by atoms with E-state index in [9.17, 15) is 19.5 Å². The summed E-state index contributed by atoms with van der Waals surface area (Å²) in [7, 11) is 0. The van der Waals surface area contributed by atoms with Gasteiger partial charge in [-0.15, -0.1) is 0 Å². The van der Waals surface area contributed by atoms with Crippen molar-refractivity contribution in [2.75, 3.05) is 13.2 Å². The van der Waals surface area contributed by atoms with Gasteiger partial charge >= 0.3 is 12.1 Å². The Morgan fingerprint density at radius 1 is 0.818 bits per heavy atom. The molecule has 0 aliphatic heterocycles. The van der Waals surface area contributed by atoms with E-state index in [0.29, 0.717) is 0 Å². The van der Waals surface area contributed by atoms with Gasteiger partial charge in [-0.3, -0.25) is 4.79 Å². The second-order valence-corrected chi connectivity index (χ2v) is 7.63. The molecule has 7 heteroatoms. The van der Waals surface area contributed by atoms with Crippen LogP contribution in [0.15, 0.2) is 78.9 Å². The third-order valence-electron chi connectivity index (χ3n) is 5.55. The van der Waals surface area contributed by atoms with Crippen LogP contribution in [0.4, 0.5) is 4.79 Å². The van der Waals surface area contributed by atoms with Crippen LogP contribution in [0, 0.1) is 0 Å². The van der Waals surface area contributed by atoms with Gasteiger partial charge in [-0.05, 0) is 27.8 Å². The number of hydrogen-bond donors (Lipinski definition) is 2. The molecule has 168 valence electrons. The van der Waals surface area contributed by atoms with Crippen LogP contribution in [0.3, 0.4) is 0 Å². The fourth-order valence-corrected chi connectivity index (χ4v) is 3.91. The molecule has 1 aliphatic carbocycles. The van der Waals surface area contributed by atoms with Crippen LogP contribution in [0.2, 0.25) is 0 Å². The average Bonchev–Trinajstić information content (AvgIpc) is 3.18. The van der Waals surface area contributed by atoms with Crippen molar-refractivity contribution in [3.05, 3.63) is 95.6 Å². The largest absolute Gasteiger partial charge is 0.459 e. The SMILES string of the molecule is O=C(N[C@@H](CO)C(=O)C(=O)OCC1c2ccccc2-c2ccccc21)OCc1ccccc1. The van der Waals surface area contributed by atoms with Gasteiger partial charge in [0.1, 0.15) is 19.3 Å². The van der Waals surface area contributed by atoms with Gasteiger partial charge in [0.2, 0.25) is 0 Å². The number of amides is 1. The molecule has 1 atom stereocenters. The maximum atomic E-state index is 12.5. The van der Waals surface area contributed by atoms with Gasteiger partial charge in [-0.1, -0.05) is 78.9 Å². The van der Waals surface area contributed by atoms with Crippen molar-refractivity contribution in [3.63, 3.8) is 0 Å². The lowest BCUT2D eigenvalue weighted by atomic mass is 9.98. The molecule has 0 saturated heterocycles. The van der Waals surface area contributed by atoms with Crippen molar-refractivity contribution in [2.24, 2.45) is 0 Å². The van der Waals surface area contributed by atoms with Gasteiger partial charge in [0.15, 0.2) is 0 Å². The Balaban J connectivity index is 1.35. The monoisotopic (exact) mass is 445 g/mol. The molecule has 1 aliphatic rings. The minimum absolute atomic E-state index is 0.00996. The lowest BCUT2D eigenvalue weighted by Crippen LogP contribution is -2.47. The Kier molecular flexibility index (Phi) is 6.80. The Bertz CT molecular complexity index is 1110. The van der Waals surface area contributed by atoms with Crippen LogP contribution in [-0.4, -0.2) is 42.2 Å². The van der Waals surface area contributed by atoms with Crippen molar-refractivity contribution in [3.8, 4) is 11.1 Å². The molecule has 0 fully saturated rings. The number of rotatable bonds is 8. The number of ether oxygens (including phenoxy) is 2. The molecule has 0 saturated carbocycles. The molecule has 0 unspecified atom stereocenters. The highest BCUT2D eigenvalue weighted by atomic mass is 16.6. The van der Waals surface area contributed by atoms with E-state index in [1.807, 2.05) is 54.6 Å². The van der Waals surface area contributed by atoms with Crippen LogP contribution in [0.5, 0.6) is 0 Å². The van der Waals surface area contributed by atoms with Gasteiger partial charge < -0.3 is 19.9 Å². The minimum atomic E-state index is -1.45. The van der Waals surface area contributed by atoms with Crippen LogP contribution in [-0.2, 0) is 25.7 Å². The zero-order valence-electron chi connectivity index (χ0n) is 17.8. The highest BCUT2D eigenvalue weighted by Crippen LogP contribution is 2.44. The predicted octanol–water partition coefficient (Wildman–Crippen LogP) is 3.20. The number of ketones is 1. The number of benzene rings is 3. The minimum Gasteiger partial charge on any atom is -0.459 e. The number of esters is 1. The standard InChI is InChI=1S/C26H23NO6/c28-14-23(27-26(31)33-15-17-8-2-1-3-9-17)24(29)25(30)32-16-22-20-12-6-4-10-18(20)19-11-5-7-13-21(19)22/h1-13,22-23,28H,14-16H2,(H,27,31)/t23-/m0/s1. The molecule has 0 bridgehead atoms. The van der Waals surface area contributed by atoms with E-state index >= 15 is 0 Å². The van der Waals surface area contributed by atoms with Crippen molar-refractivity contribution in [1.82, 2.24) is 5.32 Å². The number of fused-ring (bicyclic) bond motifs is 3. The molecular weight excluding hydrogens is 422 g/mol. The highest BCUT2D eigenvalue weighted by Gasteiger charge is 2.32. The highest BCUT2D eigenvalue weighted by molar-refractivity contribution is 6.36. The number of hydrogen-bond acceptors (Lipinski definition) is 6. The molecule has 1 amide bonds. The van der Waals surface area contributed by atoms with Crippen LogP contribution in [0.25, 0.3) is 11.1 Å². The smallest absolute Gasteiger partial charge is 0.408 e. The van der Waals surface area contributed by atoms with Crippen LogP contribution in [0.1, 0.15) is 22.6 Å². The zero-order chi connectivity index (χ0) is 23.2. The quantitative estimate of drug-likeness (QED) is 0.408. The van der Waals surface area contributed by atoms with Crippen molar-refractivity contribution >= 4 is 17.8 Å². The summed E-state index contributed by atoms with van der Waals surface area (Å²) in [5.41, 5.74) is 4.92. The van der Waals surface area contributed by atoms with Crippen molar-refractivity contribution < 1.29 is 29.0 Å². The van der Waals surface area contributed by atoms with E-state index in [4.69, 9.17) is 9.47 Å². The van der Waals surface area contributed by atoms with Gasteiger partial charge in [0.05, 0.1) is 6.61 Å². The number of nitrogens with one attached hydrogen (secondary N) is 1. The van der Waals surface area contributed by atoms with Gasteiger partial charge in [-0.25, -0.2) is 9.59 Å². The number of aliphatic hydroxyl groups excluding tert-OH is 1. The fourth-order valence-electron chi connectivity index (χ4n) is 3.91. The molecule has 3 aromatic carbocycles. The first-order valence-electron chi connectivity index (χ1n) is 10.6. The Labute approximate surface area is 191 Å². The zero-order valence-corrected chi connectivity index (χ0v) is 17.8. The maximum Gasteiger partial charge on any atom is 0.408 e. The normalized spacial score (nSPS) is 12.9. The van der Waals surface area contributed by atoms with Crippen LogP contribution >= 0.6 is 0 Å². The molecule has 2 N–H and O–H groups in total. The number of alkyl carbamates (subject to hydrolysis) is 1. The van der Waals surface area contributed by atoms with Crippen LogP contribution < -0.4 is 5.32 Å². The number of aliphatic hydroxyl groups is 1. The third-order valence-corrected chi connectivity index (χ3v) is 5.55. The lowest BCUT2D eigenvalue weighted by molar-refractivity contribution is -0.155. The van der Waals surface area contributed by atoms with Gasteiger partial charge in [0.25, 0.3) is 5.78 Å². The summed E-state index contributed by atoms with van der Waals surface area (Å²) in [5.74, 6) is -2.38. The molecule has 3 aromatic rings. The van der Waals surface area contributed by atoms with Crippen molar-refractivity contribution in [2.45, 2.75) is 18.6 Å². The van der Waals surface area contributed by atoms with Gasteiger partial charge in [-0.2, -0.15) is 0 Å². The third kappa shape index (κ3) is 4.94. The maximum absolute atomic E-state index is 12.5. The second kappa shape index (κ2) is 10.1. The topological polar surface area (TPSA) is 102 Å². The van der Waals surface area contributed by atoms with E-state index in [2.05, 4.69) is 5.32 Å². The number of Topliss-reactive ketones (excluding diaryl/α,β-unsaturated/α-hetero) is 1. The molecule has 0 radical (unpaired) electrons. The van der Waals surface area contributed by atoms with E-state index in [-0.39, 0.29) is 19.1 Å². The molecule has 0 spiro atoms. The summed E-state index contributed by atoms with van der Waals surface area (Å²) in [5, 5.41) is 11.7. The fraction of sp³-hybridized carbons (Fsp3) is 0.192. The van der Waals surface area contributed by atoms with E-state index < -0.39 is 30.5 Å². The summed E-state index contributed by atoms with van der Waals surface area (Å²) in [6.45, 7) is -0.803. The van der Waals surface area contributed by atoms with Gasteiger partial charge in [0, 0.05) is 5.92 Å². The number of carbonyl (C=O) groups is 3.